The number of oxazole rings is 1. The number of hydrogen-bond donors (Lipinski definition) is 1. The summed E-state index contributed by atoms with van der Waals surface area (Å²) >= 11 is 0. The Hall–Kier alpha value is -1.88. The Morgan fingerprint density at radius 3 is 3.00 bits per heavy atom. The van der Waals surface area contributed by atoms with Crippen molar-refractivity contribution in [3.63, 3.8) is 0 Å². The van der Waals surface area contributed by atoms with E-state index in [1.54, 1.807) is 16.7 Å². The fourth-order valence-electron chi connectivity index (χ4n) is 2.93. The van der Waals surface area contributed by atoms with Gasteiger partial charge in [0, 0.05) is 12.1 Å². The molecule has 5 heteroatoms. The van der Waals surface area contributed by atoms with Crippen LogP contribution in [-0.2, 0) is 6.54 Å². The smallest absolute Gasteiger partial charge is 0.408 e. The van der Waals surface area contributed by atoms with E-state index in [0.29, 0.717) is 17.7 Å². The summed E-state index contributed by atoms with van der Waals surface area (Å²) in [6.07, 6.45) is 3.93. The predicted octanol–water partition coefficient (Wildman–Crippen LogP) is 2.33. The number of Topliss-reactive ketones (excluding diaryl/α,β-unsaturated/α-hetero) is 1. The molecule has 1 aromatic heterocycles. The monoisotopic (exact) mass is 288 g/mol. The van der Waals surface area contributed by atoms with Gasteiger partial charge in [-0.25, -0.2) is 4.79 Å². The van der Waals surface area contributed by atoms with E-state index >= 15 is 0 Å². The fraction of sp³-hybridized carbons (Fsp3) is 0.500. The van der Waals surface area contributed by atoms with Crippen LogP contribution in [0.15, 0.2) is 27.4 Å². The van der Waals surface area contributed by atoms with Gasteiger partial charge in [0.25, 0.3) is 0 Å². The number of nitrogens with one attached hydrogen (secondary N) is 1. The van der Waals surface area contributed by atoms with Gasteiger partial charge >= 0.3 is 5.76 Å². The number of hydrogen-bond acceptors (Lipinski definition) is 4. The molecule has 0 aliphatic carbocycles. The van der Waals surface area contributed by atoms with E-state index < -0.39 is 0 Å². The molecule has 5 nitrogen and oxygen atoms in total. The third kappa shape index (κ3) is 2.65. The highest BCUT2D eigenvalue weighted by Gasteiger charge is 2.22. The molecule has 2 heterocycles. The Morgan fingerprint density at radius 2 is 2.29 bits per heavy atom. The topological polar surface area (TPSA) is 64.2 Å². The average molecular weight is 288 g/mol. The Bertz CT molecular complexity index is 708. The molecule has 0 radical (unpaired) electrons. The van der Waals surface area contributed by atoms with Gasteiger partial charge < -0.3 is 9.73 Å². The number of benzene rings is 1. The van der Waals surface area contributed by atoms with Gasteiger partial charge in [-0.15, -0.1) is 0 Å². The van der Waals surface area contributed by atoms with Crippen LogP contribution in [0.1, 0.15) is 43.0 Å². The molecule has 112 valence electrons. The number of nitrogens with zero attached hydrogens (tertiary/aromatic N) is 1. The molecule has 2 aromatic rings. The summed E-state index contributed by atoms with van der Waals surface area (Å²) in [5, 5.41) is 3.26. The lowest BCUT2D eigenvalue weighted by atomic mass is 9.96. The number of carbonyl (C=O) groups is 1. The van der Waals surface area contributed by atoms with Crippen molar-refractivity contribution in [3.05, 3.63) is 34.3 Å². The Kier molecular flexibility index (Phi) is 3.92. The Labute approximate surface area is 122 Å². The Morgan fingerprint density at radius 1 is 1.43 bits per heavy atom. The first-order valence-corrected chi connectivity index (χ1v) is 7.61. The van der Waals surface area contributed by atoms with Gasteiger partial charge in [0.1, 0.15) is 0 Å². The molecule has 1 saturated heterocycles. The molecule has 0 saturated carbocycles. The van der Waals surface area contributed by atoms with Gasteiger partial charge in [-0.05, 0) is 44.0 Å². The minimum Gasteiger partial charge on any atom is -0.408 e. The normalized spacial score (nSPS) is 19.0. The van der Waals surface area contributed by atoms with Crippen LogP contribution in [0.4, 0.5) is 0 Å². The van der Waals surface area contributed by atoms with E-state index in [-0.39, 0.29) is 17.6 Å². The second kappa shape index (κ2) is 5.85. The molecule has 1 aromatic carbocycles. The van der Waals surface area contributed by atoms with E-state index in [9.17, 15) is 9.59 Å². The number of rotatable bonds is 4. The zero-order chi connectivity index (χ0) is 14.8. The van der Waals surface area contributed by atoms with Crippen LogP contribution in [0.2, 0.25) is 0 Å². The van der Waals surface area contributed by atoms with Crippen molar-refractivity contribution >= 4 is 16.9 Å². The van der Waals surface area contributed by atoms with Crippen molar-refractivity contribution in [2.45, 2.75) is 45.2 Å². The number of carbonyl (C=O) groups excluding carboxylic acids is 1. The summed E-state index contributed by atoms with van der Waals surface area (Å²) in [6.45, 7) is 3.53. The van der Waals surface area contributed by atoms with Crippen LogP contribution < -0.4 is 11.1 Å². The average Bonchev–Trinajstić information content (AvgIpc) is 2.83. The molecule has 0 amide bonds. The molecular formula is C16H20N2O3. The lowest BCUT2D eigenvalue weighted by Crippen LogP contribution is -2.40. The maximum Gasteiger partial charge on any atom is 0.419 e. The van der Waals surface area contributed by atoms with Crippen LogP contribution in [0.25, 0.3) is 11.1 Å². The molecular weight excluding hydrogens is 268 g/mol. The molecule has 1 N–H and O–H groups in total. The van der Waals surface area contributed by atoms with Crippen molar-refractivity contribution < 1.29 is 9.21 Å². The van der Waals surface area contributed by atoms with Crippen molar-refractivity contribution in [2.75, 3.05) is 6.54 Å². The molecule has 1 aliphatic rings. The summed E-state index contributed by atoms with van der Waals surface area (Å²) in [5.74, 6) is -0.269. The summed E-state index contributed by atoms with van der Waals surface area (Å²) in [5.41, 5.74) is 1.87. The lowest BCUT2D eigenvalue weighted by molar-refractivity contribution is 0.0927. The molecule has 21 heavy (non-hydrogen) atoms. The minimum atomic E-state index is -0.354. The minimum absolute atomic E-state index is 0.0856. The van der Waals surface area contributed by atoms with E-state index in [1.165, 1.54) is 0 Å². The summed E-state index contributed by atoms with van der Waals surface area (Å²) in [6, 6.07) is 5.19. The summed E-state index contributed by atoms with van der Waals surface area (Å²) < 4.78 is 6.88. The first kappa shape index (κ1) is 14.1. The molecule has 1 aliphatic heterocycles. The maximum absolute atomic E-state index is 12.5. The second-order valence-electron chi connectivity index (χ2n) is 5.57. The highest BCUT2D eigenvalue weighted by atomic mass is 16.4. The van der Waals surface area contributed by atoms with Gasteiger partial charge in [-0.1, -0.05) is 13.3 Å². The number of aromatic nitrogens is 1. The second-order valence-corrected chi connectivity index (χ2v) is 5.57. The van der Waals surface area contributed by atoms with Crippen LogP contribution in [0.3, 0.4) is 0 Å². The van der Waals surface area contributed by atoms with Gasteiger partial charge in [0.05, 0.1) is 11.6 Å². The lowest BCUT2D eigenvalue weighted by Gasteiger charge is -2.22. The van der Waals surface area contributed by atoms with Crippen molar-refractivity contribution in [1.82, 2.24) is 9.88 Å². The molecule has 1 atom stereocenters. The van der Waals surface area contributed by atoms with Gasteiger partial charge in [0.2, 0.25) is 0 Å². The quantitative estimate of drug-likeness (QED) is 0.877. The number of fused-ring (bicyclic) bond motifs is 1. The number of aryl methyl sites for hydroxylation is 1. The zero-order valence-corrected chi connectivity index (χ0v) is 12.2. The van der Waals surface area contributed by atoms with E-state index in [2.05, 4.69) is 5.32 Å². The van der Waals surface area contributed by atoms with Crippen LogP contribution in [0, 0.1) is 0 Å². The van der Waals surface area contributed by atoms with Gasteiger partial charge in [-0.3, -0.25) is 9.36 Å². The summed E-state index contributed by atoms with van der Waals surface area (Å²) in [4.78, 5) is 24.3. The van der Waals surface area contributed by atoms with E-state index in [4.69, 9.17) is 4.42 Å². The van der Waals surface area contributed by atoms with Crippen molar-refractivity contribution in [1.29, 1.82) is 0 Å². The molecule has 3 rings (SSSR count). The zero-order valence-electron chi connectivity index (χ0n) is 12.2. The first-order valence-electron chi connectivity index (χ1n) is 7.61. The fourth-order valence-corrected chi connectivity index (χ4v) is 2.93. The van der Waals surface area contributed by atoms with E-state index in [0.717, 1.165) is 37.7 Å². The SMILES string of the molecule is CCCn1c(=O)oc2cc(C(=O)C3CCCCN3)ccc21. The number of ketones is 1. The predicted molar refractivity (Wildman–Crippen MR) is 80.7 cm³/mol. The van der Waals surface area contributed by atoms with Gasteiger partial charge in [0.15, 0.2) is 11.4 Å². The van der Waals surface area contributed by atoms with Crippen LogP contribution >= 0.6 is 0 Å². The highest BCUT2D eigenvalue weighted by molar-refractivity contribution is 6.02. The van der Waals surface area contributed by atoms with Crippen LogP contribution in [0.5, 0.6) is 0 Å². The van der Waals surface area contributed by atoms with Gasteiger partial charge in [-0.2, -0.15) is 0 Å². The molecule has 0 spiro atoms. The summed E-state index contributed by atoms with van der Waals surface area (Å²) in [7, 11) is 0. The largest absolute Gasteiger partial charge is 0.419 e. The highest BCUT2D eigenvalue weighted by Crippen LogP contribution is 2.19. The van der Waals surface area contributed by atoms with Crippen LogP contribution in [-0.4, -0.2) is 22.9 Å². The van der Waals surface area contributed by atoms with Crippen molar-refractivity contribution in [3.8, 4) is 0 Å². The Balaban J connectivity index is 1.94. The standard InChI is InChI=1S/C16H20N2O3/c1-2-9-18-13-7-6-11(10-14(13)21-16(18)20)15(19)12-5-3-4-8-17-12/h6-7,10,12,17H,2-5,8-9H2,1H3. The number of piperidine rings is 1. The third-order valence-corrected chi connectivity index (χ3v) is 4.03. The maximum atomic E-state index is 12.5. The molecule has 0 bridgehead atoms. The van der Waals surface area contributed by atoms with E-state index in [1.807, 2.05) is 13.0 Å². The third-order valence-electron chi connectivity index (χ3n) is 4.03. The molecule has 1 unspecified atom stereocenters. The van der Waals surface area contributed by atoms with Crippen molar-refractivity contribution in [2.24, 2.45) is 0 Å². The first-order chi connectivity index (χ1) is 10.2. The molecule has 1 fully saturated rings.